The van der Waals surface area contributed by atoms with Crippen molar-refractivity contribution in [1.82, 2.24) is 15.5 Å². The van der Waals surface area contributed by atoms with Crippen LogP contribution in [0.2, 0.25) is 0 Å². The number of hydrogen-bond donors (Lipinski definition) is 2. The smallest absolute Gasteiger partial charge is 0.243 e. The highest BCUT2D eigenvalue weighted by atomic mass is 16.5. The molecule has 7 heteroatoms. The molecular weight excluding hydrogens is 332 g/mol. The molecular formula is C19H36N4O3. The van der Waals surface area contributed by atoms with Crippen LogP contribution >= 0.6 is 0 Å². The van der Waals surface area contributed by atoms with Crippen LogP contribution < -0.4 is 10.6 Å². The summed E-state index contributed by atoms with van der Waals surface area (Å²) in [4.78, 5) is 18.0. The summed E-state index contributed by atoms with van der Waals surface area (Å²) >= 11 is 0. The predicted octanol–water partition coefficient (Wildman–Crippen LogP) is 1.39. The topological polar surface area (TPSA) is 75.2 Å². The molecule has 0 unspecified atom stereocenters. The number of methoxy groups -OCH3 is 1. The van der Waals surface area contributed by atoms with Gasteiger partial charge in [-0.15, -0.1) is 0 Å². The van der Waals surface area contributed by atoms with Crippen molar-refractivity contribution in [2.45, 2.75) is 50.5 Å². The zero-order valence-corrected chi connectivity index (χ0v) is 16.7. The van der Waals surface area contributed by atoms with Crippen LogP contribution in [-0.2, 0) is 14.3 Å². The third kappa shape index (κ3) is 6.76. The van der Waals surface area contributed by atoms with Gasteiger partial charge < -0.3 is 25.0 Å². The number of amides is 1. The Labute approximate surface area is 157 Å². The molecule has 0 radical (unpaired) electrons. The fourth-order valence-corrected chi connectivity index (χ4v) is 3.54. The van der Waals surface area contributed by atoms with Gasteiger partial charge in [0.2, 0.25) is 5.91 Å². The van der Waals surface area contributed by atoms with E-state index in [1.165, 1.54) is 32.1 Å². The first-order chi connectivity index (χ1) is 12.5. The summed E-state index contributed by atoms with van der Waals surface area (Å²) in [5, 5.41) is 6.85. The zero-order valence-electron chi connectivity index (χ0n) is 16.7. The number of aliphatic imine (C=N–C) groups is 1. The minimum atomic E-state index is -0.225. The lowest BCUT2D eigenvalue weighted by Gasteiger charge is -2.36. The average molecular weight is 369 g/mol. The van der Waals surface area contributed by atoms with Crippen LogP contribution in [0.5, 0.6) is 0 Å². The van der Waals surface area contributed by atoms with Gasteiger partial charge in [-0.05, 0) is 18.8 Å². The Hall–Kier alpha value is -1.34. The second-order valence-corrected chi connectivity index (χ2v) is 7.69. The standard InChI is InChI=1S/C19H36N4O3/c1-23(2)17(24)14-21-18(20-13-16-7-5-4-6-8-16)22-15-19(25-3)9-11-26-12-10-19/h16H,4-15H2,1-3H3,(H2,20,21,22). The monoisotopic (exact) mass is 368 g/mol. The van der Waals surface area contributed by atoms with E-state index < -0.39 is 0 Å². The van der Waals surface area contributed by atoms with Crippen molar-refractivity contribution in [1.29, 1.82) is 0 Å². The second kappa shape index (κ2) is 10.7. The third-order valence-corrected chi connectivity index (χ3v) is 5.57. The van der Waals surface area contributed by atoms with Crippen molar-refractivity contribution in [2.75, 3.05) is 54.1 Å². The van der Waals surface area contributed by atoms with Gasteiger partial charge in [0, 0.05) is 60.4 Å². The van der Waals surface area contributed by atoms with Crippen molar-refractivity contribution in [3.63, 3.8) is 0 Å². The molecule has 0 spiro atoms. The molecule has 1 saturated heterocycles. The molecule has 2 N–H and O–H groups in total. The summed E-state index contributed by atoms with van der Waals surface area (Å²) in [6.07, 6.45) is 8.26. The van der Waals surface area contributed by atoms with E-state index in [1.54, 1.807) is 26.1 Å². The molecule has 2 rings (SSSR count). The second-order valence-electron chi connectivity index (χ2n) is 7.69. The number of rotatable bonds is 7. The minimum Gasteiger partial charge on any atom is -0.381 e. The van der Waals surface area contributed by atoms with Crippen LogP contribution in [0.4, 0.5) is 0 Å². The van der Waals surface area contributed by atoms with Crippen LogP contribution in [0, 0.1) is 5.92 Å². The fourth-order valence-electron chi connectivity index (χ4n) is 3.54. The van der Waals surface area contributed by atoms with Gasteiger partial charge in [0.15, 0.2) is 5.96 Å². The van der Waals surface area contributed by atoms with Gasteiger partial charge in [0.25, 0.3) is 0 Å². The molecule has 150 valence electrons. The molecule has 2 aliphatic rings. The van der Waals surface area contributed by atoms with Crippen molar-refractivity contribution >= 4 is 11.9 Å². The minimum absolute atomic E-state index is 0.00344. The molecule has 0 aromatic carbocycles. The Morgan fingerprint density at radius 1 is 1.19 bits per heavy atom. The maximum atomic E-state index is 11.9. The zero-order chi connectivity index (χ0) is 18.8. The summed E-state index contributed by atoms with van der Waals surface area (Å²) < 4.78 is 11.2. The predicted molar refractivity (Wildman–Crippen MR) is 103 cm³/mol. The van der Waals surface area contributed by atoms with Crippen LogP contribution in [0.25, 0.3) is 0 Å². The summed E-state index contributed by atoms with van der Waals surface area (Å²) in [6, 6.07) is 0. The Balaban J connectivity index is 1.92. The quantitative estimate of drug-likeness (QED) is 0.525. The summed E-state index contributed by atoms with van der Waals surface area (Å²) in [6.45, 7) is 3.16. The molecule has 1 amide bonds. The van der Waals surface area contributed by atoms with Crippen molar-refractivity contribution < 1.29 is 14.3 Å². The van der Waals surface area contributed by atoms with E-state index in [9.17, 15) is 4.79 Å². The highest BCUT2D eigenvalue weighted by Crippen LogP contribution is 2.24. The number of guanidine groups is 1. The lowest BCUT2D eigenvalue weighted by atomic mass is 9.89. The van der Waals surface area contributed by atoms with Crippen LogP contribution in [-0.4, -0.2) is 76.4 Å². The number of likely N-dealkylation sites (N-methyl/N-ethyl adjacent to an activating group) is 1. The van der Waals surface area contributed by atoms with Crippen molar-refractivity contribution in [3.05, 3.63) is 0 Å². The molecule has 26 heavy (non-hydrogen) atoms. The van der Waals surface area contributed by atoms with Gasteiger partial charge in [0.1, 0.15) is 6.54 Å². The molecule has 0 bridgehead atoms. The number of nitrogens with zero attached hydrogens (tertiary/aromatic N) is 2. The fraction of sp³-hybridized carbons (Fsp3) is 0.895. The van der Waals surface area contributed by atoms with Gasteiger partial charge in [-0.3, -0.25) is 4.79 Å². The first kappa shape index (κ1) is 21.0. The summed E-state index contributed by atoms with van der Waals surface area (Å²) in [5.41, 5.74) is -0.225. The number of nitrogens with one attached hydrogen (secondary N) is 2. The van der Waals surface area contributed by atoms with E-state index in [-0.39, 0.29) is 18.1 Å². The van der Waals surface area contributed by atoms with Gasteiger partial charge in [0.05, 0.1) is 5.60 Å². The number of ether oxygens (including phenoxy) is 2. The molecule has 1 saturated carbocycles. The van der Waals surface area contributed by atoms with Gasteiger partial charge in [-0.2, -0.15) is 0 Å². The SMILES string of the molecule is COC1(CNC(=NCC(=O)N(C)C)NCC2CCCCC2)CCOCC1. The third-order valence-electron chi connectivity index (χ3n) is 5.57. The highest BCUT2D eigenvalue weighted by Gasteiger charge is 2.32. The van der Waals surface area contributed by atoms with Gasteiger partial charge in [-0.25, -0.2) is 4.99 Å². The number of carbonyl (C=O) groups is 1. The van der Waals surface area contributed by atoms with Gasteiger partial charge >= 0.3 is 0 Å². The van der Waals surface area contributed by atoms with E-state index in [1.807, 2.05) is 0 Å². The largest absolute Gasteiger partial charge is 0.381 e. The summed E-state index contributed by atoms with van der Waals surface area (Å²) in [5.74, 6) is 1.39. The number of carbonyl (C=O) groups excluding carboxylic acids is 1. The Morgan fingerprint density at radius 2 is 1.88 bits per heavy atom. The first-order valence-corrected chi connectivity index (χ1v) is 9.90. The van der Waals surface area contributed by atoms with Crippen LogP contribution in [0.1, 0.15) is 44.9 Å². The molecule has 1 heterocycles. The van der Waals surface area contributed by atoms with E-state index >= 15 is 0 Å². The van der Waals surface area contributed by atoms with Crippen LogP contribution in [0.3, 0.4) is 0 Å². The lowest BCUT2D eigenvalue weighted by molar-refractivity contribution is -0.127. The molecule has 0 aromatic heterocycles. The van der Waals surface area contributed by atoms with Crippen LogP contribution in [0.15, 0.2) is 4.99 Å². The lowest BCUT2D eigenvalue weighted by Crippen LogP contribution is -2.51. The Morgan fingerprint density at radius 3 is 2.50 bits per heavy atom. The van der Waals surface area contributed by atoms with Crippen molar-refractivity contribution in [3.8, 4) is 0 Å². The normalized spacial score (nSPS) is 21.3. The molecule has 2 fully saturated rings. The van der Waals surface area contributed by atoms with E-state index in [2.05, 4.69) is 15.6 Å². The van der Waals surface area contributed by atoms with E-state index in [4.69, 9.17) is 9.47 Å². The summed E-state index contributed by atoms with van der Waals surface area (Å²) in [7, 11) is 5.26. The molecule has 0 atom stereocenters. The molecule has 0 aromatic rings. The first-order valence-electron chi connectivity index (χ1n) is 9.90. The van der Waals surface area contributed by atoms with E-state index in [0.29, 0.717) is 18.4 Å². The Kier molecular flexibility index (Phi) is 8.65. The van der Waals surface area contributed by atoms with Crippen molar-refractivity contribution in [2.24, 2.45) is 10.9 Å². The van der Waals surface area contributed by atoms with E-state index in [0.717, 1.165) is 32.6 Å². The maximum Gasteiger partial charge on any atom is 0.243 e. The average Bonchev–Trinajstić information content (AvgIpc) is 2.68. The number of hydrogen-bond acceptors (Lipinski definition) is 4. The maximum absolute atomic E-state index is 11.9. The molecule has 7 nitrogen and oxygen atoms in total. The Bertz CT molecular complexity index is 456. The highest BCUT2D eigenvalue weighted by molar-refractivity contribution is 5.84. The molecule has 1 aliphatic carbocycles. The van der Waals surface area contributed by atoms with Gasteiger partial charge in [-0.1, -0.05) is 19.3 Å². The molecule has 1 aliphatic heterocycles.